The summed E-state index contributed by atoms with van der Waals surface area (Å²) in [5.41, 5.74) is 8.37. The maximum absolute atomic E-state index is 12.6. The smallest absolute Gasteiger partial charge is 0.255 e. The number of furan rings is 1. The summed E-state index contributed by atoms with van der Waals surface area (Å²) in [5.74, 6) is 0.901. The maximum Gasteiger partial charge on any atom is 0.255 e. The van der Waals surface area contributed by atoms with Crippen LogP contribution in [0.3, 0.4) is 0 Å². The highest BCUT2D eigenvalue weighted by molar-refractivity contribution is 7.10. The Morgan fingerprint density at radius 2 is 1.88 bits per heavy atom. The Morgan fingerprint density at radius 1 is 1.19 bits per heavy atom. The van der Waals surface area contributed by atoms with Crippen LogP contribution in [0.25, 0.3) is 0 Å². The van der Waals surface area contributed by atoms with Gasteiger partial charge in [-0.25, -0.2) is 0 Å². The molecule has 3 rings (SSSR count). The molecule has 3 aromatic rings. The van der Waals surface area contributed by atoms with Crippen molar-refractivity contribution >= 4 is 29.7 Å². The zero-order valence-corrected chi connectivity index (χ0v) is 16.4. The van der Waals surface area contributed by atoms with Gasteiger partial charge in [-0.15, -0.1) is 23.7 Å². The lowest BCUT2D eigenvalue weighted by molar-refractivity contribution is 0.0943. The quantitative estimate of drug-likeness (QED) is 0.631. The van der Waals surface area contributed by atoms with Crippen LogP contribution >= 0.6 is 23.7 Å². The second kappa shape index (κ2) is 9.03. The highest BCUT2D eigenvalue weighted by Gasteiger charge is 2.20. The lowest BCUT2D eigenvalue weighted by Gasteiger charge is -2.18. The summed E-state index contributed by atoms with van der Waals surface area (Å²) >= 11 is 1.63. The third kappa shape index (κ3) is 4.55. The molecule has 0 spiro atoms. The van der Waals surface area contributed by atoms with Gasteiger partial charge >= 0.3 is 0 Å². The second-order valence-corrected chi connectivity index (χ2v) is 7.23. The molecule has 0 aliphatic rings. The van der Waals surface area contributed by atoms with Crippen molar-refractivity contribution in [1.29, 1.82) is 0 Å². The van der Waals surface area contributed by atoms with E-state index in [0.29, 0.717) is 17.2 Å². The number of halogens is 1. The van der Waals surface area contributed by atoms with Gasteiger partial charge in [-0.2, -0.15) is 0 Å². The van der Waals surface area contributed by atoms with Gasteiger partial charge in [0, 0.05) is 4.88 Å². The minimum absolute atomic E-state index is 0. The van der Waals surface area contributed by atoms with E-state index in [2.05, 4.69) is 43.4 Å². The molecule has 1 amide bonds. The third-order valence-electron chi connectivity index (χ3n) is 4.16. The molecule has 0 aliphatic carbocycles. The number of hydrogen-bond acceptors (Lipinski definition) is 4. The van der Waals surface area contributed by atoms with E-state index in [1.807, 2.05) is 17.5 Å². The van der Waals surface area contributed by atoms with Crippen LogP contribution in [0.5, 0.6) is 0 Å². The van der Waals surface area contributed by atoms with Crippen molar-refractivity contribution in [3.8, 4) is 0 Å². The molecular formula is C20H23ClN2O2S. The number of nitrogens with two attached hydrogens (primary N) is 1. The minimum atomic E-state index is -0.190. The first-order valence-corrected chi connectivity index (χ1v) is 9.18. The van der Waals surface area contributed by atoms with Crippen molar-refractivity contribution in [3.05, 3.63) is 81.4 Å². The van der Waals surface area contributed by atoms with Gasteiger partial charge in [0.1, 0.15) is 12.0 Å². The van der Waals surface area contributed by atoms with Crippen LogP contribution in [-0.2, 0) is 6.54 Å². The monoisotopic (exact) mass is 390 g/mol. The average molecular weight is 391 g/mol. The molecule has 1 atom stereocenters. The van der Waals surface area contributed by atoms with Crippen molar-refractivity contribution in [3.63, 3.8) is 0 Å². The number of thiophene rings is 1. The summed E-state index contributed by atoms with van der Waals surface area (Å²) in [4.78, 5) is 13.7. The Hall–Kier alpha value is -2.08. The average Bonchev–Trinajstić information content (AvgIpc) is 3.31. The van der Waals surface area contributed by atoms with Crippen LogP contribution in [0.15, 0.2) is 58.5 Å². The SMILES string of the molecule is CC(C)c1ccc(C(NC(=O)c2coc(CN)c2)c2cccs2)cc1.Cl. The van der Waals surface area contributed by atoms with Crippen molar-refractivity contribution in [1.82, 2.24) is 5.32 Å². The van der Waals surface area contributed by atoms with Crippen LogP contribution in [0.1, 0.15) is 57.9 Å². The Morgan fingerprint density at radius 3 is 2.42 bits per heavy atom. The van der Waals surface area contributed by atoms with Gasteiger partial charge in [-0.05, 0) is 34.6 Å². The molecule has 2 aromatic heterocycles. The Kier molecular flexibility index (Phi) is 7.03. The number of hydrogen-bond donors (Lipinski definition) is 2. The Bertz CT molecular complexity index is 826. The molecule has 1 aromatic carbocycles. The van der Waals surface area contributed by atoms with Crippen LogP contribution in [0, 0.1) is 0 Å². The van der Waals surface area contributed by atoms with E-state index in [1.165, 1.54) is 11.8 Å². The fourth-order valence-corrected chi connectivity index (χ4v) is 3.47. The maximum atomic E-state index is 12.6. The first kappa shape index (κ1) is 20.2. The summed E-state index contributed by atoms with van der Waals surface area (Å²) < 4.78 is 5.27. The number of benzene rings is 1. The second-order valence-electron chi connectivity index (χ2n) is 6.25. The predicted octanol–water partition coefficient (Wildman–Crippen LogP) is 4.86. The molecule has 26 heavy (non-hydrogen) atoms. The summed E-state index contributed by atoms with van der Waals surface area (Å²) in [6, 6.07) is 13.9. The van der Waals surface area contributed by atoms with Crippen LogP contribution in [0.4, 0.5) is 0 Å². The number of nitrogens with one attached hydrogen (secondary N) is 1. The van der Waals surface area contributed by atoms with Gasteiger partial charge in [0.25, 0.3) is 5.91 Å². The molecule has 0 bridgehead atoms. The van der Waals surface area contributed by atoms with Crippen molar-refractivity contribution in [2.45, 2.75) is 32.4 Å². The number of carbonyl (C=O) groups is 1. The zero-order valence-electron chi connectivity index (χ0n) is 14.8. The number of rotatable bonds is 6. The highest BCUT2D eigenvalue weighted by atomic mass is 35.5. The van der Waals surface area contributed by atoms with E-state index in [9.17, 15) is 4.79 Å². The van der Waals surface area contributed by atoms with Gasteiger partial charge in [-0.1, -0.05) is 44.2 Å². The lowest BCUT2D eigenvalue weighted by atomic mass is 9.98. The Labute approximate surface area is 163 Å². The first-order chi connectivity index (χ1) is 12.1. The molecule has 0 radical (unpaired) electrons. The molecule has 138 valence electrons. The molecular weight excluding hydrogens is 368 g/mol. The molecule has 3 N–H and O–H groups in total. The molecule has 0 saturated carbocycles. The molecule has 0 fully saturated rings. The van der Waals surface area contributed by atoms with E-state index < -0.39 is 0 Å². The van der Waals surface area contributed by atoms with Crippen LogP contribution in [0.2, 0.25) is 0 Å². The topological polar surface area (TPSA) is 68.3 Å². The molecule has 0 aliphatic heterocycles. The Balaban J connectivity index is 0.00000243. The third-order valence-corrected chi connectivity index (χ3v) is 5.09. The predicted molar refractivity (Wildman–Crippen MR) is 108 cm³/mol. The van der Waals surface area contributed by atoms with Crippen molar-refractivity contribution in [2.75, 3.05) is 0 Å². The summed E-state index contributed by atoms with van der Waals surface area (Å²) in [7, 11) is 0. The fraction of sp³-hybridized carbons (Fsp3) is 0.250. The molecule has 6 heteroatoms. The molecule has 0 saturated heterocycles. The summed E-state index contributed by atoms with van der Waals surface area (Å²) in [6.45, 7) is 4.61. The highest BCUT2D eigenvalue weighted by Crippen LogP contribution is 2.28. The van der Waals surface area contributed by atoms with Gasteiger partial charge in [0.2, 0.25) is 0 Å². The lowest BCUT2D eigenvalue weighted by Crippen LogP contribution is -2.28. The van der Waals surface area contributed by atoms with E-state index in [0.717, 1.165) is 10.4 Å². The van der Waals surface area contributed by atoms with Crippen molar-refractivity contribution < 1.29 is 9.21 Å². The normalized spacial score (nSPS) is 11.8. The minimum Gasteiger partial charge on any atom is -0.467 e. The van der Waals surface area contributed by atoms with Crippen LogP contribution in [-0.4, -0.2) is 5.91 Å². The first-order valence-electron chi connectivity index (χ1n) is 8.30. The van der Waals surface area contributed by atoms with Gasteiger partial charge in [0.05, 0.1) is 18.2 Å². The number of carbonyl (C=O) groups excluding carboxylic acids is 1. The van der Waals surface area contributed by atoms with Crippen LogP contribution < -0.4 is 11.1 Å². The largest absolute Gasteiger partial charge is 0.467 e. The van der Waals surface area contributed by atoms with Gasteiger partial charge < -0.3 is 15.5 Å². The van der Waals surface area contributed by atoms with E-state index in [1.54, 1.807) is 17.4 Å². The van der Waals surface area contributed by atoms with E-state index in [-0.39, 0.29) is 30.9 Å². The molecule has 4 nitrogen and oxygen atoms in total. The molecule has 1 unspecified atom stereocenters. The summed E-state index contributed by atoms with van der Waals surface area (Å²) in [6.07, 6.45) is 1.45. The standard InChI is InChI=1S/C20H22N2O2S.ClH/c1-13(2)14-5-7-15(8-6-14)19(18-4-3-9-25-18)22-20(23)16-10-17(11-21)24-12-16;/h3-10,12-13,19H,11,21H2,1-2H3,(H,22,23);1H. The van der Waals surface area contributed by atoms with E-state index in [4.69, 9.17) is 10.2 Å². The number of amides is 1. The van der Waals surface area contributed by atoms with Gasteiger partial charge in [-0.3, -0.25) is 4.79 Å². The van der Waals surface area contributed by atoms with Crippen molar-refractivity contribution in [2.24, 2.45) is 5.73 Å². The summed E-state index contributed by atoms with van der Waals surface area (Å²) in [5, 5.41) is 5.12. The molecule has 2 heterocycles. The van der Waals surface area contributed by atoms with Gasteiger partial charge in [0.15, 0.2) is 0 Å². The zero-order chi connectivity index (χ0) is 17.8. The van der Waals surface area contributed by atoms with E-state index >= 15 is 0 Å². The fourth-order valence-electron chi connectivity index (χ4n) is 2.67.